The number of amides is 4. The summed E-state index contributed by atoms with van der Waals surface area (Å²) in [6.07, 6.45) is 6.58. The number of nitrogens with one attached hydrogen (secondary N) is 2. The van der Waals surface area contributed by atoms with Crippen LogP contribution in [0.15, 0.2) is 18.2 Å². The molecule has 2 heterocycles. The Morgan fingerprint density at radius 2 is 1.44 bits per heavy atom. The Hall–Kier alpha value is -2.24. The smallest absolute Gasteiger partial charge is 0.322 e. The van der Waals surface area contributed by atoms with E-state index in [1.165, 1.54) is 12.8 Å². The molecule has 2 saturated heterocycles. The lowest BCUT2D eigenvalue weighted by Gasteiger charge is -2.34. The van der Waals surface area contributed by atoms with E-state index in [4.69, 9.17) is 0 Å². The Labute approximate surface area is 162 Å². The van der Waals surface area contributed by atoms with Gasteiger partial charge in [-0.3, -0.25) is 0 Å². The second kappa shape index (κ2) is 8.63. The van der Waals surface area contributed by atoms with Crippen LogP contribution in [-0.4, -0.2) is 47.0 Å². The van der Waals surface area contributed by atoms with Gasteiger partial charge in [-0.25, -0.2) is 9.59 Å². The van der Waals surface area contributed by atoms with E-state index in [1.54, 1.807) is 0 Å². The van der Waals surface area contributed by atoms with Crippen LogP contribution in [0, 0.1) is 6.92 Å². The first kappa shape index (κ1) is 19.5. The van der Waals surface area contributed by atoms with Gasteiger partial charge >= 0.3 is 12.1 Å². The normalized spacial score (nSPS) is 23.1. The third kappa shape index (κ3) is 4.73. The molecule has 4 amide bonds. The highest BCUT2D eigenvalue weighted by molar-refractivity contribution is 5.93. The van der Waals surface area contributed by atoms with Crippen molar-refractivity contribution in [3.8, 4) is 0 Å². The summed E-state index contributed by atoms with van der Waals surface area (Å²) in [5.41, 5.74) is 2.45. The van der Waals surface area contributed by atoms with Crippen molar-refractivity contribution in [2.75, 3.05) is 23.7 Å². The van der Waals surface area contributed by atoms with Gasteiger partial charge in [0.15, 0.2) is 0 Å². The third-order valence-electron chi connectivity index (χ3n) is 5.86. The van der Waals surface area contributed by atoms with Crippen LogP contribution in [0.3, 0.4) is 0 Å². The lowest BCUT2D eigenvalue weighted by molar-refractivity contribution is 0.170. The fraction of sp³-hybridized carbons (Fsp3) is 0.619. The maximum Gasteiger partial charge on any atom is 0.322 e. The maximum atomic E-state index is 12.7. The van der Waals surface area contributed by atoms with Crippen LogP contribution in [0.25, 0.3) is 0 Å². The van der Waals surface area contributed by atoms with E-state index >= 15 is 0 Å². The van der Waals surface area contributed by atoms with Gasteiger partial charge in [-0.1, -0.05) is 6.07 Å². The van der Waals surface area contributed by atoms with Crippen LogP contribution in [-0.2, 0) is 0 Å². The molecule has 2 aliphatic rings. The van der Waals surface area contributed by atoms with Gasteiger partial charge in [0, 0.05) is 36.5 Å². The number of hydrogen-bond acceptors (Lipinski definition) is 2. The maximum absolute atomic E-state index is 12.7. The zero-order valence-electron chi connectivity index (χ0n) is 16.8. The molecule has 0 spiro atoms. The van der Waals surface area contributed by atoms with Gasteiger partial charge in [0.2, 0.25) is 0 Å². The van der Waals surface area contributed by atoms with Crippen LogP contribution in [0.4, 0.5) is 21.0 Å². The number of hydrogen-bond donors (Lipinski definition) is 2. The third-order valence-corrected chi connectivity index (χ3v) is 5.86. The van der Waals surface area contributed by atoms with E-state index in [0.29, 0.717) is 5.69 Å². The number of benzene rings is 1. The molecular weight excluding hydrogens is 340 g/mol. The molecular formula is C21H32N4O2. The molecule has 6 nitrogen and oxygen atoms in total. The summed E-state index contributed by atoms with van der Waals surface area (Å²) in [5.74, 6) is 0. The standard InChI is InChI=1S/C21H32N4O2/c1-15-10-11-18(22-20(26)24-12-6-4-8-16(24)2)14-19(15)23-21(27)25-13-7-5-9-17(25)3/h10-11,14,16-17H,4-9,12-13H2,1-3H3,(H,22,26)(H,23,27). The molecule has 27 heavy (non-hydrogen) atoms. The number of urea groups is 2. The second-order valence-corrected chi connectivity index (χ2v) is 7.97. The summed E-state index contributed by atoms with van der Waals surface area (Å²) in [4.78, 5) is 29.1. The highest BCUT2D eigenvalue weighted by Crippen LogP contribution is 2.24. The first-order chi connectivity index (χ1) is 13.0. The number of carbonyl (C=O) groups excluding carboxylic acids is 2. The zero-order chi connectivity index (χ0) is 19.4. The van der Waals surface area contributed by atoms with Crippen LogP contribution in [0.2, 0.25) is 0 Å². The largest absolute Gasteiger partial charge is 0.322 e. The number of aryl methyl sites for hydroxylation is 1. The zero-order valence-corrected chi connectivity index (χ0v) is 16.8. The molecule has 1 aromatic carbocycles. The van der Waals surface area contributed by atoms with Gasteiger partial charge in [0.25, 0.3) is 0 Å². The molecule has 2 atom stereocenters. The van der Waals surface area contributed by atoms with Gasteiger partial charge in [-0.15, -0.1) is 0 Å². The summed E-state index contributed by atoms with van der Waals surface area (Å²) in [7, 11) is 0. The molecule has 0 saturated carbocycles. The second-order valence-electron chi connectivity index (χ2n) is 7.97. The number of piperidine rings is 2. The van der Waals surface area contributed by atoms with Crippen molar-refractivity contribution >= 4 is 23.4 Å². The predicted molar refractivity (Wildman–Crippen MR) is 109 cm³/mol. The summed E-state index contributed by atoms with van der Waals surface area (Å²) in [5, 5.41) is 6.03. The predicted octanol–water partition coefficient (Wildman–Crippen LogP) is 4.81. The van der Waals surface area contributed by atoms with Crippen molar-refractivity contribution in [3.05, 3.63) is 23.8 Å². The fourth-order valence-corrected chi connectivity index (χ4v) is 4.02. The molecule has 1 aromatic rings. The number of anilines is 2. The van der Waals surface area contributed by atoms with Gasteiger partial charge in [-0.05, 0) is 77.0 Å². The minimum absolute atomic E-state index is 0.0570. The Morgan fingerprint density at radius 1 is 0.889 bits per heavy atom. The number of nitrogens with zero attached hydrogens (tertiary/aromatic N) is 2. The van der Waals surface area contributed by atoms with E-state index in [0.717, 1.165) is 50.0 Å². The summed E-state index contributed by atoms with van der Waals surface area (Å²) >= 11 is 0. The first-order valence-corrected chi connectivity index (χ1v) is 10.2. The topological polar surface area (TPSA) is 64.7 Å². The lowest BCUT2D eigenvalue weighted by atomic mass is 10.0. The summed E-state index contributed by atoms with van der Waals surface area (Å²) < 4.78 is 0. The van der Waals surface area contributed by atoms with Gasteiger partial charge in [-0.2, -0.15) is 0 Å². The fourth-order valence-electron chi connectivity index (χ4n) is 4.02. The van der Waals surface area contributed by atoms with E-state index in [9.17, 15) is 9.59 Å². The molecule has 0 aromatic heterocycles. The summed E-state index contributed by atoms with van der Waals surface area (Å²) in [6.45, 7) is 7.76. The molecule has 2 aliphatic heterocycles. The molecule has 2 fully saturated rings. The number of likely N-dealkylation sites (tertiary alicyclic amines) is 2. The van der Waals surface area contributed by atoms with Gasteiger partial charge in [0.05, 0.1) is 0 Å². The van der Waals surface area contributed by atoms with Crippen molar-refractivity contribution in [1.29, 1.82) is 0 Å². The van der Waals surface area contributed by atoms with Crippen LogP contribution in [0.1, 0.15) is 57.9 Å². The van der Waals surface area contributed by atoms with Crippen molar-refractivity contribution < 1.29 is 9.59 Å². The Balaban J connectivity index is 1.66. The van der Waals surface area contributed by atoms with Crippen molar-refractivity contribution in [3.63, 3.8) is 0 Å². The molecule has 3 rings (SSSR count). The summed E-state index contributed by atoms with van der Waals surface area (Å²) in [6, 6.07) is 6.10. The first-order valence-electron chi connectivity index (χ1n) is 10.2. The molecule has 0 aliphatic carbocycles. The molecule has 6 heteroatoms. The van der Waals surface area contributed by atoms with Crippen molar-refractivity contribution in [1.82, 2.24) is 9.80 Å². The quantitative estimate of drug-likeness (QED) is 0.782. The van der Waals surface area contributed by atoms with E-state index < -0.39 is 0 Å². The monoisotopic (exact) mass is 372 g/mol. The van der Waals surface area contributed by atoms with Crippen LogP contribution in [0.5, 0.6) is 0 Å². The van der Waals surface area contributed by atoms with Crippen molar-refractivity contribution in [2.24, 2.45) is 0 Å². The van der Waals surface area contributed by atoms with E-state index in [2.05, 4.69) is 24.5 Å². The highest BCUT2D eigenvalue weighted by Gasteiger charge is 2.25. The Kier molecular flexibility index (Phi) is 6.24. The van der Waals surface area contributed by atoms with E-state index in [1.807, 2.05) is 34.9 Å². The molecule has 2 N–H and O–H groups in total. The van der Waals surface area contributed by atoms with Crippen molar-refractivity contribution in [2.45, 2.75) is 71.4 Å². The molecule has 0 bridgehead atoms. The number of rotatable bonds is 2. The lowest BCUT2D eigenvalue weighted by Crippen LogP contribution is -2.44. The average Bonchev–Trinajstić information content (AvgIpc) is 2.65. The SMILES string of the molecule is Cc1ccc(NC(=O)N2CCCCC2C)cc1NC(=O)N1CCCCC1C. The minimum Gasteiger partial charge on any atom is -0.322 e. The average molecular weight is 373 g/mol. The van der Waals surface area contributed by atoms with E-state index in [-0.39, 0.29) is 24.1 Å². The minimum atomic E-state index is -0.0621. The highest BCUT2D eigenvalue weighted by atomic mass is 16.2. The molecule has 2 unspecified atom stereocenters. The Morgan fingerprint density at radius 3 is 2.00 bits per heavy atom. The Bertz CT molecular complexity index is 691. The van der Waals surface area contributed by atoms with Crippen LogP contribution >= 0.6 is 0 Å². The molecule has 148 valence electrons. The van der Waals surface area contributed by atoms with Gasteiger partial charge < -0.3 is 20.4 Å². The molecule has 0 radical (unpaired) electrons. The van der Waals surface area contributed by atoms with Crippen LogP contribution < -0.4 is 10.6 Å². The number of carbonyl (C=O) groups is 2. The van der Waals surface area contributed by atoms with Gasteiger partial charge in [0.1, 0.15) is 0 Å².